The lowest BCUT2D eigenvalue weighted by Crippen LogP contribution is -2.27. The van der Waals surface area contributed by atoms with E-state index in [9.17, 15) is 4.79 Å². The molecular formula is C18H33NO. The minimum absolute atomic E-state index is 0.0968. The zero-order valence-electron chi connectivity index (χ0n) is 14.0. The minimum atomic E-state index is -0.403. The van der Waals surface area contributed by atoms with Gasteiger partial charge in [0.05, 0.1) is 6.07 Å². The maximum Gasteiger partial charge on any atom is 0.155 e. The van der Waals surface area contributed by atoms with Gasteiger partial charge in [0.15, 0.2) is 5.78 Å². The molecule has 0 radical (unpaired) electrons. The fourth-order valence-electron chi connectivity index (χ4n) is 2.44. The van der Waals surface area contributed by atoms with E-state index in [1.165, 1.54) is 44.9 Å². The van der Waals surface area contributed by atoms with Crippen LogP contribution in [0.2, 0.25) is 0 Å². The normalized spacial score (nSPS) is 12.9. The van der Waals surface area contributed by atoms with Crippen LogP contribution in [0.3, 0.4) is 0 Å². The van der Waals surface area contributed by atoms with E-state index in [1.807, 2.05) is 20.8 Å². The molecule has 20 heavy (non-hydrogen) atoms. The Kier molecular flexibility index (Phi) is 10.4. The van der Waals surface area contributed by atoms with Crippen molar-refractivity contribution in [2.24, 2.45) is 11.3 Å². The monoisotopic (exact) mass is 279 g/mol. The van der Waals surface area contributed by atoms with Crippen molar-refractivity contribution in [1.29, 1.82) is 5.26 Å². The van der Waals surface area contributed by atoms with Crippen LogP contribution in [0.5, 0.6) is 0 Å². The molecule has 2 heteroatoms. The number of ketones is 1. The molecule has 1 unspecified atom stereocenters. The van der Waals surface area contributed by atoms with Crippen molar-refractivity contribution in [3.05, 3.63) is 0 Å². The van der Waals surface area contributed by atoms with E-state index < -0.39 is 5.92 Å². The summed E-state index contributed by atoms with van der Waals surface area (Å²) in [7, 11) is 0. The number of hydrogen-bond donors (Lipinski definition) is 0. The van der Waals surface area contributed by atoms with Gasteiger partial charge in [-0.25, -0.2) is 0 Å². The Labute approximate surface area is 125 Å². The number of nitriles is 1. The van der Waals surface area contributed by atoms with Gasteiger partial charge in [0.1, 0.15) is 5.92 Å². The molecule has 0 fully saturated rings. The van der Waals surface area contributed by atoms with Crippen LogP contribution in [-0.4, -0.2) is 5.78 Å². The van der Waals surface area contributed by atoms with Crippen molar-refractivity contribution in [3.8, 4) is 6.07 Å². The Morgan fingerprint density at radius 3 is 1.80 bits per heavy atom. The second-order valence-electron chi connectivity index (χ2n) is 6.91. The molecule has 0 saturated carbocycles. The summed E-state index contributed by atoms with van der Waals surface area (Å²) in [6.45, 7) is 7.94. The molecular weight excluding hydrogens is 246 g/mol. The summed E-state index contributed by atoms with van der Waals surface area (Å²) in [5, 5.41) is 9.11. The highest BCUT2D eigenvalue weighted by atomic mass is 16.1. The molecule has 0 aliphatic heterocycles. The fraction of sp³-hybridized carbons (Fsp3) is 0.889. The van der Waals surface area contributed by atoms with Crippen molar-refractivity contribution in [2.75, 3.05) is 0 Å². The predicted octanol–water partition coefficient (Wildman–Crippen LogP) is 5.66. The molecule has 0 saturated heterocycles. The highest BCUT2D eigenvalue weighted by molar-refractivity contribution is 5.87. The standard InChI is InChI=1S/C18H33NO/c1-5-6-7-8-9-10-11-12-13-14-16(15-19)17(20)18(2,3)4/h16H,5-14H2,1-4H3. The van der Waals surface area contributed by atoms with E-state index in [4.69, 9.17) is 5.26 Å². The lowest BCUT2D eigenvalue weighted by molar-refractivity contribution is -0.128. The Morgan fingerprint density at radius 2 is 1.40 bits per heavy atom. The van der Waals surface area contributed by atoms with Crippen molar-refractivity contribution in [3.63, 3.8) is 0 Å². The first-order chi connectivity index (χ1) is 9.43. The van der Waals surface area contributed by atoms with E-state index in [-0.39, 0.29) is 11.2 Å². The van der Waals surface area contributed by atoms with Crippen LogP contribution in [0.15, 0.2) is 0 Å². The molecule has 0 aliphatic rings. The van der Waals surface area contributed by atoms with Crippen LogP contribution in [0.1, 0.15) is 91.9 Å². The molecule has 1 atom stereocenters. The summed E-state index contributed by atoms with van der Waals surface area (Å²) < 4.78 is 0. The van der Waals surface area contributed by atoms with E-state index in [1.54, 1.807) is 0 Å². The third-order valence-electron chi connectivity index (χ3n) is 3.81. The molecule has 0 rings (SSSR count). The van der Waals surface area contributed by atoms with Gasteiger partial charge in [-0.1, -0.05) is 85.5 Å². The quantitative estimate of drug-likeness (QED) is 0.458. The van der Waals surface area contributed by atoms with Crippen molar-refractivity contribution in [1.82, 2.24) is 0 Å². The minimum Gasteiger partial charge on any atom is -0.298 e. The topological polar surface area (TPSA) is 40.9 Å². The molecule has 0 aliphatic carbocycles. The van der Waals surface area contributed by atoms with E-state index >= 15 is 0 Å². The highest BCUT2D eigenvalue weighted by Crippen LogP contribution is 2.23. The van der Waals surface area contributed by atoms with Crippen molar-refractivity contribution in [2.45, 2.75) is 91.9 Å². The van der Waals surface area contributed by atoms with Gasteiger partial charge in [0.25, 0.3) is 0 Å². The Morgan fingerprint density at radius 1 is 0.950 bits per heavy atom. The molecule has 0 bridgehead atoms. The number of carbonyl (C=O) groups is 1. The van der Waals surface area contributed by atoms with Crippen molar-refractivity contribution < 1.29 is 4.79 Å². The van der Waals surface area contributed by atoms with Gasteiger partial charge in [0.2, 0.25) is 0 Å². The van der Waals surface area contributed by atoms with Crippen LogP contribution < -0.4 is 0 Å². The van der Waals surface area contributed by atoms with Crippen LogP contribution in [0.25, 0.3) is 0 Å². The van der Waals surface area contributed by atoms with Gasteiger partial charge in [-0.3, -0.25) is 4.79 Å². The third-order valence-corrected chi connectivity index (χ3v) is 3.81. The van der Waals surface area contributed by atoms with Gasteiger partial charge in [-0.15, -0.1) is 0 Å². The van der Waals surface area contributed by atoms with Crippen LogP contribution in [-0.2, 0) is 4.79 Å². The van der Waals surface area contributed by atoms with Crippen molar-refractivity contribution >= 4 is 5.78 Å². The fourth-order valence-corrected chi connectivity index (χ4v) is 2.44. The smallest absolute Gasteiger partial charge is 0.155 e. The summed E-state index contributed by atoms with van der Waals surface area (Å²) >= 11 is 0. The van der Waals surface area contributed by atoms with Gasteiger partial charge in [-0.05, 0) is 6.42 Å². The lowest BCUT2D eigenvalue weighted by atomic mass is 9.81. The average molecular weight is 279 g/mol. The molecule has 0 amide bonds. The summed E-state index contributed by atoms with van der Waals surface area (Å²) in [4.78, 5) is 12.0. The van der Waals surface area contributed by atoms with Gasteiger partial charge in [0, 0.05) is 5.41 Å². The number of carbonyl (C=O) groups excluding carboxylic acids is 1. The number of unbranched alkanes of at least 4 members (excludes halogenated alkanes) is 8. The Hall–Kier alpha value is -0.840. The zero-order chi connectivity index (χ0) is 15.4. The molecule has 0 heterocycles. The van der Waals surface area contributed by atoms with E-state index in [0.29, 0.717) is 0 Å². The second-order valence-corrected chi connectivity index (χ2v) is 6.91. The summed E-state index contributed by atoms with van der Waals surface area (Å²) in [5.74, 6) is -0.306. The molecule has 0 aromatic rings. The largest absolute Gasteiger partial charge is 0.298 e. The maximum absolute atomic E-state index is 12.0. The Bertz CT molecular complexity index is 296. The SMILES string of the molecule is CCCCCCCCCCCC(C#N)C(=O)C(C)(C)C. The predicted molar refractivity (Wildman–Crippen MR) is 85.4 cm³/mol. The second kappa shape index (κ2) is 10.9. The van der Waals surface area contributed by atoms with Gasteiger partial charge in [-0.2, -0.15) is 5.26 Å². The molecule has 116 valence electrons. The molecule has 0 aromatic carbocycles. The number of nitrogens with zero attached hydrogens (tertiary/aromatic N) is 1. The van der Waals surface area contributed by atoms with Gasteiger partial charge < -0.3 is 0 Å². The van der Waals surface area contributed by atoms with Crippen LogP contribution in [0, 0.1) is 22.7 Å². The molecule has 2 nitrogen and oxygen atoms in total. The van der Waals surface area contributed by atoms with Crippen LogP contribution >= 0.6 is 0 Å². The lowest BCUT2D eigenvalue weighted by Gasteiger charge is -2.20. The molecule has 0 aromatic heterocycles. The average Bonchev–Trinajstić information content (AvgIpc) is 2.39. The number of hydrogen-bond acceptors (Lipinski definition) is 2. The van der Waals surface area contributed by atoms with E-state index in [2.05, 4.69) is 13.0 Å². The molecule has 0 N–H and O–H groups in total. The first-order valence-corrected chi connectivity index (χ1v) is 8.37. The summed E-state index contributed by atoms with van der Waals surface area (Å²) in [6.07, 6.45) is 12.2. The number of rotatable bonds is 11. The third kappa shape index (κ3) is 9.13. The van der Waals surface area contributed by atoms with Crippen LogP contribution in [0.4, 0.5) is 0 Å². The first kappa shape index (κ1) is 19.2. The summed E-state index contributed by atoms with van der Waals surface area (Å²) in [6, 6.07) is 2.18. The molecule has 0 spiro atoms. The highest BCUT2D eigenvalue weighted by Gasteiger charge is 2.28. The van der Waals surface area contributed by atoms with E-state index in [0.717, 1.165) is 19.3 Å². The number of Topliss-reactive ketones (excluding diaryl/α,β-unsaturated/α-hetero) is 1. The zero-order valence-corrected chi connectivity index (χ0v) is 14.0. The summed E-state index contributed by atoms with van der Waals surface area (Å²) in [5.41, 5.74) is -0.389. The Balaban J connectivity index is 3.63. The maximum atomic E-state index is 12.0. The van der Waals surface area contributed by atoms with Gasteiger partial charge >= 0.3 is 0 Å². The first-order valence-electron chi connectivity index (χ1n) is 8.37.